The van der Waals surface area contributed by atoms with Crippen molar-refractivity contribution in [2.24, 2.45) is 10.9 Å². The smallest absolute Gasteiger partial charge is 0.249 e. The highest BCUT2D eigenvalue weighted by Gasteiger charge is 2.40. The molecule has 2 unspecified atom stereocenters. The molecular formula is C26H29F2N. The van der Waals surface area contributed by atoms with Crippen LogP contribution in [0.15, 0.2) is 65.8 Å². The van der Waals surface area contributed by atoms with Gasteiger partial charge >= 0.3 is 0 Å². The number of hydrogen-bond donors (Lipinski definition) is 0. The van der Waals surface area contributed by atoms with Crippen molar-refractivity contribution in [3.05, 3.63) is 83.1 Å². The first-order valence-corrected chi connectivity index (χ1v) is 10.2. The van der Waals surface area contributed by atoms with Crippen molar-refractivity contribution in [1.82, 2.24) is 0 Å². The molecule has 1 saturated carbocycles. The molecule has 3 heteroatoms. The highest BCUT2D eigenvalue weighted by atomic mass is 19.3. The predicted octanol–water partition coefficient (Wildman–Crippen LogP) is 7.36. The van der Waals surface area contributed by atoms with Crippen LogP contribution in [0.3, 0.4) is 0 Å². The number of halogens is 2. The summed E-state index contributed by atoms with van der Waals surface area (Å²) < 4.78 is 26.4. The molecule has 29 heavy (non-hydrogen) atoms. The van der Waals surface area contributed by atoms with Crippen LogP contribution in [-0.4, -0.2) is 11.6 Å². The molecule has 1 aliphatic rings. The topological polar surface area (TPSA) is 12.4 Å². The van der Waals surface area contributed by atoms with Crippen LogP contribution in [0.5, 0.6) is 0 Å². The highest BCUT2D eigenvalue weighted by molar-refractivity contribution is 5.90. The number of aliphatic imine (C=N–C) groups is 1. The molecule has 3 rings (SSSR count). The number of rotatable bonds is 8. The van der Waals surface area contributed by atoms with E-state index in [1.54, 1.807) is 0 Å². The summed E-state index contributed by atoms with van der Waals surface area (Å²) in [7, 11) is 0. The van der Waals surface area contributed by atoms with Gasteiger partial charge in [-0.1, -0.05) is 43.0 Å². The number of hydrogen-bond acceptors (Lipinski definition) is 1. The summed E-state index contributed by atoms with van der Waals surface area (Å²) in [5.74, 6) is -1.79. The van der Waals surface area contributed by atoms with Crippen LogP contribution in [0.4, 0.5) is 14.5 Å². The van der Waals surface area contributed by atoms with Crippen LogP contribution in [0.2, 0.25) is 0 Å². The molecule has 0 bridgehead atoms. The SMILES string of the molecule is C=C=CCCc1ccc(C)c(/N=C(\C)C2CC2c2ccc(CC(C)(F)F)cc2)c1. The molecule has 0 amide bonds. The van der Waals surface area contributed by atoms with Crippen LogP contribution >= 0.6 is 0 Å². The fourth-order valence-corrected chi connectivity index (χ4v) is 3.81. The molecule has 1 aliphatic carbocycles. The number of benzene rings is 2. The minimum atomic E-state index is -2.67. The first-order chi connectivity index (χ1) is 13.8. The molecule has 1 nitrogen and oxygen atoms in total. The molecule has 0 N–H and O–H groups in total. The van der Waals surface area contributed by atoms with Crippen molar-refractivity contribution < 1.29 is 8.78 Å². The van der Waals surface area contributed by atoms with Gasteiger partial charge in [0, 0.05) is 18.1 Å². The van der Waals surface area contributed by atoms with Crippen molar-refractivity contribution in [3.8, 4) is 0 Å². The zero-order valence-corrected chi connectivity index (χ0v) is 17.5. The lowest BCUT2D eigenvalue weighted by atomic mass is 10.0. The van der Waals surface area contributed by atoms with E-state index in [1.165, 1.54) is 16.7 Å². The van der Waals surface area contributed by atoms with Crippen LogP contribution in [0.1, 0.15) is 54.9 Å². The van der Waals surface area contributed by atoms with Crippen LogP contribution in [0, 0.1) is 12.8 Å². The number of nitrogens with zero attached hydrogens (tertiary/aromatic N) is 1. The van der Waals surface area contributed by atoms with Gasteiger partial charge in [0.15, 0.2) is 0 Å². The lowest BCUT2D eigenvalue weighted by Gasteiger charge is -2.10. The maximum Gasteiger partial charge on any atom is 0.249 e. The van der Waals surface area contributed by atoms with Gasteiger partial charge in [0.05, 0.1) is 5.69 Å². The lowest BCUT2D eigenvalue weighted by Crippen LogP contribution is -2.13. The molecule has 0 saturated heterocycles. The summed E-state index contributed by atoms with van der Waals surface area (Å²) in [6.45, 7) is 8.76. The van der Waals surface area contributed by atoms with E-state index in [0.29, 0.717) is 17.4 Å². The predicted molar refractivity (Wildman–Crippen MR) is 118 cm³/mol. The average Bonchev–Trinajstić information content (AvgIpc) is 3.45. The van der Waals surface area contributed by atoms with E-state index < -0.39 is 5.92 Å². The molecule has 0 aliphatic heterocycles. The van der Waals surface area contributed by atoms with Gasteiger partial charge in [-0.3, -0.25) is 4.99 Å². The third kappa shape index (κ3) is 5.98. The summed E-state index contributed by atoms with van der Waals surface area (Å²) in [6.07, 6.45) is 4.70. The monoisotopic (exact) mass is 393 g/mol. The van der Waals surface area contributed by atoms with E-state index >= 15 is 0 Å². The fraction of sp³-hybridized carbons (Fsp3) is 0.385. The largest absolute Gasteiger partial charge is 0.258 e. The van der Waals surface area contributed by atoms with Gasteiger partial charge in [0.25, 0.3) is 0 Å². The number of alkyl halides is 2. The molecule has 0 aromatic heterocycles. The summed E-state index contributed by atoms with van der Waals surface area (Å²) >= 11 is 0. The summed E-state index contributed by atoms with van der Waals surface area (Å²) in [6, 6.07) is 14.1. The van der Waals surface area contributed by atoms with Crippen molar-refractivity contribution in [3.63, 3.8) is 0 Å². The van der Waals surface area contributed by atoms with E-state index in [1.807, 2.05) is 30.3 Å². The number of aryl methyl sites for hydroxylation is 2. The maximum atomic E-state index is 13.2. The van der Waals surface area contributed by atoms with Crippen molar-refractivity contribution in [1.29, 1.82) is 0 Å². The van der Waals surface area contributed by atoms with E-state index in [9.17, 15) is 8.78 Å². The zero-order valence-electron chi connectivity index (χ0n) is 17.5. The maximum absolute atomic E-state index is 13.2. The Labute approximate surface area is 172 Å². The molecule has 152 valence electrons. The second-order valence-corrected chi connectivity index (χ2v) is 8.26. The van der Waals surface area contributed by atoms with Gasteiger partial charge in [-0.15, -0.1) is 5.73 Å². The van der Waals surface area contributed by atoms with E-state index in [0.717, 1.165) is 37.6 Å². The Balaban J connectivity index is 1.67. The minimum Gasteiger partial charge on any atom is -0.258 e. The summed E-state index contributed by atoms with van der Waals surface area (Å²) in [4.78, 5) is 4.93. The van der Waals surface area contributed by atoms with Gasteiger partial charge in [-0.05, 0) is 80.3 Å². The molecular weight excluding hydrogens is 364 g/mol. The Morgan fingerprint density at radius 2 is 1.90 bits per heavy atom. The number of allylic oxidation sites excluding steroid dienone is 1. The Morgan fingerprint density at radius 3 is 2.55 bits per heavy atom. The lowest BCUT2D eigenvalue weighted by molar-refractivity contribution is 0.0226. The Kier molecular flexibility index (Phi) is 6.49. The second kappa shape index (κ2) is 8.88. The standard InChI is InChI=1S/C26H29F2N/c1-5-6-7-8-20-10-9-18(2)25(15-20)29-19(3)23-16-24(23)22-13-11-21(12-14-22)17-26(4,27)28/h6,9-15,23-24H,1,7-8,16-17H2,2-4H3/b29-19+. The summed E-state index contributed by atoms with van der Waals surface area (Å²) in [5, 5.41) is 0. The Hall–Kier alpha value is -2.51. The van der Waals surface area contributed by atoms with Crippen LogP contribution in [-0.2, 0) is 12.8 Å². The van der Waals surface area contributed by atoms with Crippen molar-refractivity contribution >= 4 is 11.4 Å². The quantitative estimate of drug-likeness (QED) is 0.328. The van der Waals surface area contributed by atoms with Crippen LogP contribution in [0.25, 0.3) is 0 Å². The van der Waals surface area contributed by atoms with Crippen molar-refractivity contribution in [2.75, 3.05) is 0 Å². The molecule has 2 aromatic carbocycles. The van der Waals surface area contributed by atoms with Gasteiger partial charge in [-0.25, -0.2) is 8.78 Å². The first kappa shape index (κ1) is 21.2. The van der Waals surface area contributed by atoms with Crippen molar-refractivity contribution in [2.45, 2.75) is 58.3 Å². The second-order valence-electron chi connectivity index (χ2n) is 8.26. The molecule has 0 spiro atoms. The minimum absolute atomic E-state index is 0.208. The first-order valence-electron chi connectivity index (χ1n) is 10.2. The van der Waals surface area contributed by atoms with E-state index in [-0.39, 0.29) is 6.42 Å². The van der Waals surface area contributed by atoms with Gasteiger partial charge in [-0.2, -0.15) is 0 Å². The van der Waals surface area contributed by atoms with Gasteiger partial charge in [0.1, 0.15) is 0 Å². The molecule has 0 heterocycles. The van der Waals surface area contributed by atoms with Gasteiger partial charge in [0.2, 0.25) is 5.92 Å². The van der Waals surface area contributed by atoms with Gasteiger partial charge < -0.3 is 0 Å². The van der Waals surface area contributed by atoms with E-state index in [2.05, 4.69) is 44.4 Å². The highest BCUT2D eigenvalue weighted by Crippen LogP contribution is 2.49. The van der Waals surface area contributed by atoms with E-state index in [4.69, 9.17) is 4.99 Å². The Morgan fingerprint density at radius 1 is 1.21 bits per heavy atom. The zero-order chi connectivity index (χ0) is 21.0. The average molecular weight is 394 g/mol. The molecule has 2 atom stereocenters. The molecule has 0 radical (unpaired) electrons. The third-order valence-electron chi connectivity index (χ3n) is 5.54. The fourth-order valence-electron chi connectivity index (χ4n) is 3.81. The molecule has 1 fully saturated rings. The Bertz CT molecular complexity index is 928. The third-order valence-corrected chi connectivity index (χ3v) is 5.54. The summed E-state index contributed by atoms with van der Waals surface area (Å²) in [5.41, 5.74) is 9.34. The van der Waals surface area contributed by atoms with Crippen LogP contribution < -0.4 is 0 Å². The molecule has 2 aromatic rings. The normalized spacial score (nSPS) is 19.0.